The fraction of sp³-hybridized carbons (Fsp3) is 0.385. The van der Waals surface area contributed by atoms with E-state index < -0.39 is 0 Å². The Hall–Kier alpha value is -1.77. The highest BCUT2D eigenvalue weighted by molar-refractivity contribution is 6.32. The lowest BCUT2D eigenvalue weighted by Gasteiger charge is -2.14. The highest BCUT2D eigenvalue weighted by Crippen LogP contribution is 2.20. The van der Waals surface area contributed by atoms with Crippen LogP contribution in [0.25, 0.3) is 0 Å². The molecule has 1 aromatic rings. The van der Waals surface area contributed by atoms with Crippen LogP contribution in [0.2, 0.25) is 5.02 Å². The first-order valence-corrected chi connectivity index (χ1v) is 6.20. The van der Waals surface area contributed by atoms with Crippen LogP contribution in [0, 0.1) is 11.3 Å². The smallest absolute Gasteiger partial charge is 0.319 e. The summed E-state index contributed by atoms with van der Waals surface area (Å²) >= 11 is 5.88. The Kier molecular flexibility index (Phi) is 6.13. The average molecular weight is 282 g/mol. The largest absolute Gasteiger partial charge is 0.385 e. The van der Waals surface area contributed by atoms with E-state index in [9.17, 15) is 4.79 Å². The molecule has 0 aliphatic heterocycles. The molecule has 1 atom stereocenters. The number of amides is 2. The molecule has 1 rings (SSSR count). The number of carbonyl (C=O) groups excluding carboxylic acids is 1. The third-order valence-electron chi connectivity index (χ3n) is 2.48. The van der Waals surface area contributed by atoms with E-state index in [0.29, 0.717) is 22.9 Å². The fourth-order valence-electron chi connectivity index (χ4n) is 1.44. The number of ether oxygens (including phenoxy) is 1. The van der Waals surface area contributed by atoms with E-state index in [1.165, 1.54) is 0 Å². The summed E-state index contributed by atoms with van der Waals surface area (Å²) in [6.45, 7) is 2.48. The van der Waals surface area contributed by atoms with Gasteiger partial charge in [-0.25, -0.2) is 4.79 Å². The van der Waals surface area contributed by atoms with Gasteiger partial charge in [-0.1, -0.05) is 11.6 Å². The fourth-order valence-corrected chi connectivity index (χ4v) is 1.66. The minimum Gasteiger partial charge on any atom is -0.385 e. The lowest BCUT2D eigenvalue weighted by Crippen LogP contribution is -2.36. The minimum absolute atomic E-state index is 0.00815. The number of urea groups is 1. The van der Waals surface area contributed by atoms with Crippen LogP contribution in [0.1, 0.15) is 18.9 Å². The van der Waals surface area contributed by atoms with Crippen molar-refractivity contribution in [3.05, 3.63) is 28.8 Å². The molecule has 0 aliphatic carbocycles. The topological polar surface area (TPSA) is 74.2 Å². The van der Waals surface area contributed by atoms with Gasteiger partial charge in [-0.2, -0.15) is 5.26 Å². The second kappa shape index (κ2) is 7.62. The third kappa shape index (κ3) is 5.16. The van der Waals surface area contributed by atoms with Gasteiger partial charge < -0.3 is 15.4 Å². The summed E-state index contributed by atoms with van der Waals surface area (Å²) in [5.41, 5.74) is 0.918. The molecule has 0 fully saturated rings. The van der Waals surface area contributed by atoms with Gasteiger partial charge in [0.15, 0.2) is 0 Å². The van der Waals surface area contributed by atoms with Crippen molar-refractivity contribution in [3.8, 4) is 6.07 Å². The second-order valence-electron chi connectivity index (χ2n) is 4.09. The number of methoxy groups -OCH3 is 1. The summed E-state index contributed by atoms with van der Waals surface area (Å²) in [6, 6.07) is 6.38. The molecule has 2 N–H and O–H groups in total. The van der Waals surface area contributed by atoms with Crippen LogP contribution >= 0.6 is 11.6 Å². The van der Waals surface area contributed by atoms with Crippen molar-refractivity contribution in [2.24, 2.45) is 0 Å². The van der Waals surface area contributed by atoms with E-state index in [2.05, 4.69) is 10.6 Å². The first-order valence-electron chi connectivity index (χ1n) is 5.83. The van der Waals surface area contributed by atoms with Gasteiger partial charge in [-0.05, 0) is 31.5 Å². The molecule has 5 nitrogen and oxygen atoms in total. The molecule has 1 unspecified atom stereocenters. The molecule has 0 aromatic heterocycles. The van der Waals surface area contributed by atoms with Crippen molar-refractivity contribution in [1.29, 1.82) is 5.26 Å². The van der Waals surface area contributed by atoms with E-state index in [1.807, 2.05) is 13.0 Å². The van der Waals surface area contributed by atoms with Crippen LogP contribution < -0.4 is 10.6 Å². The molecule has 19 heavy (non-hydrogen) atoms. The summed E-state index contributed by atoms with van der Waals surface area (Å²) in [4.78, 5) is 11.7. The number of anilines is 1. The highest BCUT2D eigenvalue weighted by atomic mass is 35.5. The Morgan fingerprint density at radius 1 is 1.58 bits per heavy atom. The normalized spacial score (nSPS) is 11.5. The first-order chi connectivity index (χ1) is 9.06. The molecule has 0 saturated heterocycles. The maximum atomic E-state index is 11.7. The second-order valence-corrected chi connectivity index (χ2v) is 4.49. The number of hydrogen-bond acceptors (Lipinski definition) is 3. The molecule has 0 heterocycles. The number of carbonyl (C=O) groups is 1. The van der Waals surface area contributed by atoms with Gasteiger partial charge >= 0.3 is 6.03 Å². The van der Waals surface area contributed by atoms with Gasteiger partial charge in [0.2, 0.25) is 0 Å². The molecule has 6 heteroatoms. The highest BCUT2D eigenvalue weighted by Gasteiger charge is 2.08. The van der Waals surface area contributed by atoms with Crippen molar-refractivity contribution in [2.75, 3.05) is 19.0 Å². The molecule has 0 bridgehead atoms. The predicted octanol–water partition coefficient (Wildman–Crippen LogP) is 2.76. The first kappa shape index (κ1) is 15.3. The lowest BCUT2D eigenvalue weighted by molar-refractivity contribution is 0.185. The third-order valence-corrected chi connectivity index (χ3v) is 2.79. The van der Waals surface area contributed by atoms with Gasteiger partial charge in [-0.3, -0.25) is 0 Å². The number of halogens is 1. The molecule has 0 spiro atoms. The molecule has 1 aromatic carbocycles. The van der Waals surface area contributed by atoms with E-state index in [4.69, 9.17) is 21.6 Å². The van der Waals surface area contributed by atoms with Crippen LogP contribution in [0.4, 0.5) is 10.5 Å². The van der Waals surface area contributed by atoms with Crippen LogP contribution in [0.5, 0.6) is 0 Å². The van der Waals surface area contributed by atoms with E-state index >= 15 is 0 Å². The zero-order valence-corrected chi connectivity index (χ0v) is 11.6. The van der Waals surface area contributed by atoms with Crippen molar-refractivity contribution in [3.63, 3.8) is 0 Å². The molecule has 0 saturated carbocycles. The Labute approximate surface area is 117 Å². The van der Waals surface area contributed by atoms with Gasteiger partial charge in [0.1, 0.15) is 6.07 Å². The van der Waals surface area contributed by atoms with E-state index in [0.717, 1.165) is 6.42 Å². The molecule has 2 amide bonds. The number of nitrogens with one attached hydrogen (secondary N) is 2. The van der Waals surface area contributed by atoms with Crippen molar-refractivity contribution in [1.82, 2.24) is 5.32 Å². The number of nitrogens with zero attached hydrogens (tertiary/aromatic N) is 1. The molecular weight excluding hydrogens is 266 g/mol. The van der Waals surface area contributed by atoms with E-state index in [-0.39, 0.29) is 12.1 Å². The zero-order chi connectivity index (χ0) is 14.3. The Bertz CT molecular complexity index is 485. The maximum absolute atomic E-state index is 11.7. The number of benzene rings is 1. The van der Waals surface area contributed by atoms with Crippen molar-refractivity contribution in [2.45, 2.75) is 19.4 Å². The van der Waals surface area contributed by atoms with Crippen molar-refractivity contribution < 1.29 is 9.53 Å². The number of rotatable bonds is 5. The Morgan fingerprint density at radius 3 is 2.89 bits per heavy atom. The monoisotopic (exact) mass is 281 g/mol. The predicted molar refractivity (Wildman–Crippen MR) is 74.3 cm³/mol. The van der Waals surface area contributed by atoms with E-state index in [1.54, 1.807) is 25.3 Å². The van der Waals surface area contributed by atoms with Crippen LogP contribution in [-0.4, -0.2) is 25.8 Å². The minimum atomic E-state index is -0.315. The van der Waals surface area contributed by atoms with Crippen LogP contribution in [-0.2, 0) is 4.74 Å². The standard InChI is InChI=1S/C13H16ClN3O2/c1-9(5-6-19-2)16-13(18)17-11-4-3-10(8-15)12(14)7-11/h3-4,7,9H,5-6H2,1-2H3,(H2,16,17,18). The summed E-state index contributed by atoms with van der Waals surface area (Å²) in [5.74, 6) is 0. The van der Waals surface area contributed by atoms with Gasteiger partial charge in [0.05, 0.1) is 10.6 Å². The average Bonchev–Trinajstić information content (AvgIpc) is 2.36. The maximum Gasteiger partial charge on any atom is 0.319 e. The Balaban J connectivity index is 2.53. The summed E-state index contributed by atoms with van der Waals surface area (Å²) in [5, 5.41) is 14.5. The van der Waals surface area contributed by atoms with Gasteiger partial charge in [-0.15, -0.1) is 0 Å². The summed E-state index contributed by atoms with van der Waals surface area (Å²) in [7, 11) is 1.62. The van der Waals surface area contributed by atoms with Gasteiger partial charge in [0.25, 0.3) is 0 Å². The van der Waals surface area contributed by atoms with Crippen LogP contribution in [0.15, 0.2) is 18.2 Å². The van der Waals surface area contributed by atoms with Gasteiger partial charge in [0, 0.05) is 25.4 Å². The number of nitriles is 1. The number of hydrogen-bond donors (Lipinski definition) is 2. The molecule has 0 radical (unpaired) electrons. The zero-order valence-electron chi connectivity index (χ0n) is 10.9. The van der Waals surface area contributed by atoms with Crippen LogP contribution in [0.3, 0.4) is 0 Å². The molecule has 102 valence electrons. The molecule has 0 aliphatic rings. The SMILES string of the molecule is COCCC(C)NC(=O)Nc1ccc(C#N)c(Cl)c1. The quantitative estimate of drug-likeness (QED) is 0.871. The summed E-state index contributed by atoms with van der Waals surface area (Å²) in [6.07, 6.45) is 0.734. The molecular formula is C13H16ClN3O2. The summed E-state index contributed by atoms with van der Waals surface area (Å²) < 4.78 is 4.93. The lowest BCUT2D eigenvalue weighted by atomic mass is 10.2. The Morgan fingerprint density at radius 2 is 2.32 bits per heavy atom. The van der Waals surface area contributed by atoms with Crippen molar-refractivity contribution >= 4 is 23.3 Å².